The second-order valence-electron chi connectivity index (χ2n) is 4.49. The van der Waals surface area contributed by atoms with E-state index in [1.807, 2.05) is 54.9 Å². The van der Waals surface area contributed by atoms with E-state index in [1.165, 1.54) is 0 Å². The molecule has 0 amide bonds. The van der Waals surface area contributed by atoms with Crippen molar-refractivity contribution in [3.05, 3.63) is 64.3 Å². The first kappa shape index (κ1) is 15.0. The first-order valence-corrected chi connectivity index (χ1v) is 7.25. The lowest BCUT2D eigenvalue weighted by Gasteiger charge is -1.99. The first-order valence-electron chi connectivity index (χ1n) is 7.25. The molecule has 21 heavy (non-hydrogen) atoms. The van der Waals surface area contributed by atoms with Crippen molar-refractivity contribution in [1.29, 1.82) is 0 Å². The average molecular weight is 285 g/mol. The molecule has 0 saturated heterocycles. The van der Waals surface area contributed by atoms with Gasteiger partial charge in [0.1, 0.15) is 5.65 Å². The zero-order valence-corrected chi connectivity index (χ0v) is 12.3. The number of nitrogens with zero attached hydrogens (tertiary/aromatic N) is 3. The van der Waals surface area contributed by atoms with Crippen LogP contribution < -0.4 is 0 Å². The van der Waals surface area contributed by atoms with Crippen LogP contribution in [0.1, 0.15) is 38.8 Å². The Morgan fingerprint density at radius 2 is 2.00 bits per heavy atom. The predicted octanol–water partition coefficient (Wildman–Crippen LogP) is 4.09. The summed E-state index contributed by atoms with van der Waals surface area (Å²) in [7, 11) is 0. The van der Waals surface area contributed by atoms with E-state index in [0.717, 1.165) is 24.9 Å². The average Bonchev–Trinajstić information content (AvgIpc) is 2.77. The molecule has 2 aromatic rings. The molecule has 0 saturated carbocycles. The summed E-state index contributed by atoms with van der Waals surface area (Å²) in [6.07, 6.45) is 9.86. The molecule has 1 aliphatic rings. The lowest BCUT2D eigenvalue weighted by Crippen LogP contribution is -2.01. The molecule has 2 aromatic heterocycles. The Kier molecular flexibility index (Phi) is 4.87. The van der Waals surface area contributed by atoms with Crippen molar-refractivity contribution in [2.75, 3.05) is 0 Å². The molecule has 0 fully saturated rings. The Balaban J connectivity index is 0.000000774. The van der Waals surface area contributed by atoms with Crippen LogP contribution in [0, 0.1) is 10.1 Å². The van der Waals surface area contributed by atoms with Gasteiger partial charge in [-0.3, -0.25) is 10.1 Å². The fourth-order valence-corrected chi connectivity index (χ4v) is 2.29. The molecule has 0 spiro atoms. The summed E-state index contributed by atoms with van der Waals surface area (Å²) in [4.78, 5) is 15.3. The van der Waals surface area contributed by atoms with Gasteiger partial charge in [-0.2, -0.15) is 0 Å². The van der Waals surface area contributed by atoms with Crippen LogP contribution in [0.25, 0.3) is 11.2 Å². The second-order valence-corrected chi connectivity index (χ2v) is 4.49. The van der Waals surface area contributed by atoms with Gasteiger partial charge in [-0.25, -0.2) is 4.98 Å². The van der Waals surface area contributed by atoms with Crippen molar-refractivity contribution < 1.29 is 4.92 Å². The van der Waals surface area contributed by atoms with Gasteiger partial charge >= 0.3 is 0 Å². The molecular formula is C16H19N3O2. The molecule has 0 aromatic carbocycles. The maximum atomic E-state index is 11.2. The molecule has 2 heterocycles. The van der Waals surface area contributed by atoms with Crippen LogP contribution in [0.5, 0.6) is 0 Å². The Hall–Kier alpha value is -2.43. The van der Waals surface area contributed by atoms with E-state index in [1.54, 1.807) is 6.08 Å². The van der Waals surface area contributed by atoms with E-state index in [4.69, 9.17) is 0 Å². The molecule has 5 nitrogen and oxygen atoms in total. The van der Waals surface area contributed by atoms with Crippen LogP contribution >= 0.6 is 0 Å². The van der Waals surface area contributed by atoms with Gasteiger partial charge in [0.05, 0.1) is 16.2 Å². The van der Waals surface area contributed by atoms with E-state index in [2.05, 4.69) is 4.98 Å². The highest BCUT2D eigenvalue weighted by molar-refractivity contribution is 5.76. The number of rotatable bonds is 2. The van der Waals surface area contributed by atoms with Crippen molar-refractivity contribution in [3.63, 3.8) is 0 Å². The number of pyridine rings is 1. The lowest BCUT2D eigenvalue weighted by molar-refractivity contribution is -0.417. The minimum absolute atomic E-state index is 0.168. The van der Waals surface area contributed by atoms with Gasteiger partial charge < -0.3 is 4.40 Å². The Morgan fingerprint density at radius 3 is 2.71 bits per heavy atom. The van der Waals surface area contributed by atoms with Crippen LogP contribution in [0.3, 0.4) is 0 Å². The molecule has 0 radical (unpaired) electrons. The fraction of sp³-hybridized carbons (Fsp3) is 0.312. The lowest BCUT2D eigenvalue weighted by atomic mass is 10.1. The summed E-state index contributed by atoms with van der Waals surface area (Å²) in [6.45, 7) is 4.00. The first-order chi connectivity index (χ1) is 10.3. The molecule has 0 unspecified atom stereocenters. The van der Waals surface area contributed by atoms with Crippen molar-refractivity contribution in [1.82, 2.24) is 9.38 Å². The van der Waals surface area contributed by atoms with Gasteiger partial charge in [-0.05, 0) is 37.5 Å². The van der Waals surface area contributed by atoms with Crippen molar-refractivity contribution >= 4 is 11.2 Å². The number of hydrogen-bond donors (Lipinski definition) is 0. The van der Waals surface area contributed by atoms with Crippen LogP contribution in [-0.4, -0.2) is 14.3 Å². The number of hydrogen-bond acceptors (Lipinski definition) is 3. The summed E-state index contributed by atoms with van der Waals surface area (Å²) in [5, 5.41) is 11.2. The number of nitro groups is 1. The third-order valence-corrected chi connectivity index (χ3v) is 3.21. The Bertz CT molecular complexity index is 665. The van der Waals surface area contributed by atoms with Gasteiger partial charge in [0.15, 0.2) is 0 Å². The standard InChI is InChI=1S/C14H13N3O2.C2H6/c18-17(19)13-7-3-1-2-6-11(13)12-10-16-9-5-4-8-14(16)15-12;1-2/h4-10H,1-3H2;1-2H3. The highest BCUT2D eigenvalue weighted by atomic mass is 16.6. The largest absolute Gasteiger partial charge is 0.306 e. The second kappa shape index (κ2) is 6.83. The number of allylic oxidation sites excluding steroid dienone is 3. The summed E-state index contributed by atoms with van der Waals surface area (Å²) >= 11 is 0. The van der Waals surface area contributed by atoms with Crippen molar-refractivity contribution in [3.8, 4) is 0 Å². The van der Waals surface area contributed by atoms with E-state index >= 15 is 0 Å². The molecule has 3 rings (SSSR count). The van der Waals surface area contributed by atoms with Crippen molar-refractivity contribution in [2.45, 2.75) is 33.1 Å². The van der Waals surface area contributed by atoms with Gasteiger partial charge in [-0.15, -0.1) is 0 Å². The SMILES string of the molecule is CC.O=[N+]([O-])C1=CCCCC=C1c1cn2ccccc2n1. The van der Waals surface area contributed by atoms with Gasteiger partial charge in [0.2, 0.25) is 0 Å². The molecule has 1 aliphatic carbocycles. The Labute approximate surface area is 123 Å². The molecular weight excluding hydrogens is 266 g/mol. The summed E-state index contributed by atoms with van der Waals surface area (Å²) in [5.41, 5.74) is 2.26. The zero-order valence-electron chi connectivity index (χ0n) is 12.3. The third kappa shape index (κ3) is 3.18. The van der Waals surface area contributed by atoms with E-state index in [9.17, 15) is 10.1 Å². The molecule has 0 N–H and O–H groups in total. The van der Waals surface area contributed by atoms with Gasteiger partial charge in [0.25, 0.3) is 5.70 Å². The highest BCUT2D eigenvalue weighted by Crippen LogP contribution is 2.27. The quantitative estimate of drug-likeness (QED) is 0.616. The molecule has 0 aliphatic heterocycles. The van der Waals surface area contributed by atoms with Crippen LogP contribution in [0.2, 0.25) is 0 Å². The van der Waals surface area contributed by atoms with Gasteiger partial charge in [0, 0.05) is 12.4 Å². The predicted molar refractivity (Wildman–Crippen MR) is 83.4 cm³/mol. The zero-order chi connectivity index (χ0) is 15.2. The maximum Gasteiger partial charge on any atom is 0.274 e. The maximum absolute atomic E-state index is 11.2. The van der Waals surface area contributed by atoms with E-state index < -0.39 is 0 Å². The Morgan fingerprint density at radius 1 is 1.24 bits per heavy atom. The van der Waals surface area contributed by atoms with Gasteiger partial charge in [-0.1, -0.05) is 26.0 Å². The molecule has 0 atom stereocenters. The highest BCUT2D eigenvalue weighted by Gasteiger charge is 2.22. The topological polar surface area (TPSA) is 60.4 Å². The third-order valence-electron chi connectivity index (χ3n) is 3.21. The van der Waals surface area contributed by atoms with Crippen LogP contribution in [-0.2, 0) is 0 Å². The monoisotopic (exact) mass is 285 g/mol. The van der Waals surface area contributed by atoms with Crippen LogP contribution in [0.4, 0.5) is 0 Å². The molecule has 0 bridgehead atoms. The fourth-order valence-electron chi connectivity index (χ4n) is 2.29. The minimum Gasteiger partial charge on any atom is -0.306 e. The number of fused-ring (bicyclic) bond motifs is 1. The minimum atomic E-state index is -0.318. The summed E-state index contributed by atoms with van der Waals surface area (Å²) in [5.74, 6) is 0. The molecule has 110 valence electrons. The number of aromatic nitrogens is 2. The van der Waals surface area contributed by atoms with E-state index in [0.29, 0.717) is 11.3 Å². The van der Waals surface area contributed by atoms with Crippen LogP contribution in [0.15, 0.2) is 48.4 Å². The van der Waals surface area contributed by atoms with E-state index in [-0.39, 0.29) is 10.6 Å². The smallest absolute Gasteiger partial charge is 0.274 e. The number of imidazole rings is 1. The van der Waals surface area contributed by atoms with Crippen molar-refractivity contribution in [2.24, 2.45) is 0 Å². The summed E-state index contributed by atoms with van der Waals surface area (Å²) < 4.78 is 1.87. The normalized spacial score (nSPS) is 14.6. The molecule has 5 heteroatoms. The summed E-state index contributed by atoms with van der Waals surface area (Å²) in [6, 6.07) is 5.69.